The summed E-state index contributed by atoms with van der Waals surface area (Å²) in [4.78, 5) is 14.2. The van der Waals surface area contributed by atoms with Crippen LogP contribution in [0.5, 0.6) is 0 Å². The third kappa shape index (κ3) is 2.97. The first-order valence-corrected chi connectivity index (χ1v) is 7.57. The maximum atomic E-state index is 12.7. The van der Waals surface area contributed by atoms with E-state index in [1.807, 2.05) is 13.0 Å². The molecule has 124 valence electrons. The molecule has 1 aromatic carbocycles. The zero-order valence-electron chi connectivity index (χ0n) is 13.5. The molecule has 23 heavy (non-hydrogen) atoms. The Kier molecular flexibility index (Phi) is 4.39. The van der Waals surface area contributed by atoms with Gasteiger partial charge >= 0.3 is 0 Å². The molecule has 6 nitrogen and oxygen atoms in total. The number of rotatable bonds is 3. The highest BCUT2D eigenvalue weighted by Crippen LogP contribution is 2.22. The minimum absolute atomic E-state index is 0.171. The lowest BCUT2D eigenvalue weighted by atomic mass is 10.0. The van der Waals surface area contributed by atoms with Crippen LogP contribution in [0.4, 0.5) is 0 Å². The van der Waals surface area contributed by atoms with Crippen molar-refractivity contribution in [2.45, 2.75) is 25.2 Å². The molecule has 0 spiro atoms. The van der Waals surface area contributed by atoms with Crippen molar-refractivity contribution < 1.29 is 23.8 Å². The average Bonchev–Trinajstić information content (AvgIpc) is 2.92. The predicted octanol–water partition coefficient (Wildman–Crippen LogP) is 1.59. The Balaban J connectivity index is 1.82. The molecule has 0 unspecified atom stereocenters. The van der Waals surface area contributed by atoms with Crippen LogP contribution in [-0.4, -0.2) is 61.5 Å². The second-order valence-corrected chi connectivity index (χ2v) is 5.90. The number of methoxy groups -OCH3 is 1. The Hall–Kier alpha value is -1.89. The highest BCUT2D eigenvalue weighted by Gasteiger charge is 2.37. The summed E-state index contributed by atoms with van der Waals surface area (Å²) in [5, 5.41) is 11.2. The topological polar surface area (TPSA) is 72.1 Å². The van der Waals surface area contributed by atoms with Crippen LogP contribution in [0, 0.1) is 6.92 Å². The Morgan fingerprint density at radius 2 is 2.13 bits per heavy atom. The Labute approximate surface area is 134 Å². The fourth-order valence-electron chi connectivity index (χ4n) is 2.96. The first kappa shape index (κ1) is 16.0. The van der Waals surface area contributed by atoms with Gasteiger partial charge in [-0.15, -0.1) is 0 Å². The second-order valence-electron chi connectivity index (χ2n) is 5.90. The average molecular weight is 319 g/mol. The minimum Gasteiger partial charge on any atom is -0.461 e. The number of ether oxygens (including phenoxy) is 2. The summed E-state index contributed by atoms with van der Waals surface area (Å²) in [6.07, 6.45) is -1.20. The van der Waals surface area contributed by atoms with Gasteiger partial charge in [0.2, 0.25) is 0 Å². The summed E-state index contributed by atoms with van der Waals surface area (Å²) in [5.74, 6) is 0.632. The summed E-state index contributed by atoms with van der Waals surface area (Å²) in [7, 11) is 3.19. The van der Waals surface area contributed by atoms with Gasteiger partial charge in [-0.1, -0.05) is 0 Å². The summed E-state index contributed by atoms with van der Waals surface area (Å²) in [6.45, 7) is 2.49. The van der Waals surface area contributed by atoms with Gasteiger partial charge in [0.25, 0.3) is 5.91 Å². The molecular weight excluding hydrogens is 298 g/mol. The lowest BCUT2D eigenvalue weighted by Crippen LogP contribution is -2.56. The van der Waals surface area contributed by atoms with Gasteiger partial charge in [0.15, 0.2) is 0 Å². The molecule has 1 aliphatic rings. The lowest BCUT2D eigenvalue weighted by molar-refractivity contribution is -0.135. The van der Waals surface area contributed by atoms with E-state index >= 15 is 0 Å². The molecule has 6 heteroatoms. The molecule has 1 saturated heterocycles. The summed E-state index contributed by atoms with van der Waals surface area (Å²) >= 11 is 0. The maximum absolute atomic E-state index is 12.7. The van der Waals surface area contributed by atoms with Crippen molar-refractivity contribution in [3.63, 3.8) is 0 Å². The number of hydrogen-bond acceptors (Lipinski definition) is 5. The first-order valence-electron chi connectivity index (χ1n) is 7.57. The molecule has 0 aliphatic carbocycles. The number of fused-ring (bicyclic) bond motifs is 1. The summed E-state index contributed by atoms with van der Waals surface area (Å²) < 4.78 is 16.2. The molecular formula is C17H21NO5. The van der Waals surface area contributed by atoms with Crippen LogP contribution >= 0.6 is 0 Å². The van der Waals surface area contributed by atoms with Crippen LogP contribution in [0.3, 0.4) is 0 Å². The van der Waals surface area contributed by atoms with E-state index in [4.69, 9.17) is 13.9 Å². The number of carbonyl (C=O) groups excluding carboxylic acids is 1. The van der Waals surface area contributed by atoms with E-state index in [-0.39, 0.29) is 12.5 Å². The van der Waals surface area contributed by atoms with E-state index in [1.165, 1.54) is 12.0 Å². The zero-order valence-corrected chi connectivity index (χ0v) is 13.5. The van der Waals surface area contributed by atoms with Gasteiger partial charge < -0.3 is 23.9 Å². The van der Waals surface area contributed by atoms with Crippen molar-refractivity contribution in [2.24, 2.45) is 0 Å². The number of amides is 1. The van der Waals surface area contributed by atoms with Crippen molar-refractivity contribution >= 4 is 16.9 Å². The number of aliphatic hydroxyl groups is 1. The Bertz CT molecular complexity index is 710. The SMILES string of the molecule is CO[C@@H]1COC[C@@H](N(C)C(=O)c2ccc3oc(C)cc3c2)[C@@H]1O. The maximum Gasteiger partial charge on any atom is 0.254 e. The van der Waals surface area contributed by atoms with Gasteiger partial charge in [-0.05, 0) is 31.2 Å². The largest absolute Gasteiger partial charge is 0.461 e. The number of benzene rings is 1. The summed E-state index contributed by atoms with van der Waals surface area (Å²) in [5.41, 5.74) is 1.30. The van der Waals surface area contributed by atoms with Gasteiger partial charge in [-0.2, -0.15) is 0 Å². The fourth-order valence-corrected chi connectivity index (χ4v) is 2.96. The normalized spacial score (nSPS) is 24.8. The van der Waals surface area contributed by atoms with Gasteiger partial charge in [0.1, 0.15) is 23.6 Å². The quantitative estimate of drug-likeness (QED) is 0.930. The zero-order chi connectivity index (χ0) is 16.6. The van der Waals surface area contributed by atoms with E-state index < -0.39 is 18.2 Å². The van der Waals surface area contributed by atoms with Crippen LogP contribution < -0.4 is 0 Å². The molecule has 1 fully saturated rings. The number of furan rings is 1. The molecule has 1 N–H and O–H groups in total. The van der Waals surface area contributed by atoms with Gasteiger partial charge in [0, 0.05) is 25.1 Å². The van der Waals surface area contributed by atoms with E-state index in [2.05, 4.69) is 0 Å². The predicted molar refractivity (Wildman–Crippen MR) is 84.5 cm³/mol. The van der Waals surface area contributed by atoms with Crippen LogP contribution in [0.2, 0.25) is 0 Å². The lowest BCUT2D eigenvalue weighted by Gasteiger charge is -2.38. The summed E-state index contributed by atoms with van der Waals surface area (Å²) in [6, 6.07) is 6.77. The van der Waals surface area contributed by atoms with Crippen LogP contribution in [0.1, 0.15) is 16.1 Å². The Morgan fingerprint density at radius 3 is 2.87 bits per heavy atom. The Morgan fingerprint density at radius 1 is 1.35 bits per heavy atom. The van der Waals surface area contributed by atoms with Crippen LogP contribution in [-0.2, 0) is 9.47 Å². The smallest absolute Gasteiger partial charge is 0.254 e. The van der Waals surface area contributed by atoms with Gasteiger partial charge in [-0.3, -0.25) is 4.79 Å². The number of likely N-dealkylation sites (N-methyl/N-ethyl adjacent to an activating group) is 1. The number of nitrogens with zero attached hydrogens (tertiary/aromatic N) is 1. The van der Waals surface area contributed by atoms with E-state index in [0.717, 1.165) is 16.7 Å². The van der Waals surface area contributed by atoms with Crippen molar-refractivity contribution in [1.82, 2.24) is 4.90 Å². The number of hydrogen-bond donors (Lipinski definition) is 1. The first-order chi connectivity index (χ1) is 11.0. The molecule has 0 bridgehead atoms. The van der Waals surface area contributed by atoms with Crippen LogP contribution in [0.25, 0.3) is 11.0 Å². The molecule has 3 rings (SSSR count). The van der Waals surface area contributed by atoms with Gasteiger partial charge in [-0.25, -0.2) is 0 Å². The minimum atomic E-state index is -0.775. The van der Waals surface area contributed by atoms with Crippen molar-refractivity contribution in [3.8, 4) is 0 Å². The highest BCUT2D eigenvalue weighted by atomic mass is 16.5. The van der Waals surface area contributed by atoms with Crippen molar-refractivity contribution in [2.75, 3.05) is 27.4 Å². The molecule has 1 amide bonds. The molecule has 2 aromatic rings. The molecule has 0 saturated carbocycles. The fraction of sp³-hybridized carbons (Fsp3) is 0.471. The van der Waals surface area contributed by atoms with Crippen molar-refractivity contribution in [1.29, 1.82) is 0 Å². The molecule has 2 heterocycles. The van der Waals surface area contributed by atoms with Crippen molar-refractivity contribution in [3.05, 3.63) is 35.6 Å². The van der Waals surface area contributed by atoms with Gasteiger partial charge in [0.05, 0.1) is 19.3 Å². The van der Waals surface area contributed by atoms with E-state index in [9.17, 15) is 9.90 Å². The van der Waals surface area contributed by atoms with E-state index in [1.54, 1.807) is 25.2 Å². The number of aliphatic hydroxyl groups excluding tert-OH is 1. The highest BCUT2D eigenvalue weighted by molar-refractivity contribution is 5.98. The molecule has 1 aliphatic heterocycles. The molecule has 1 aromatic heterocycles. The number of carbonyl (C=O) groups is 1. The number of aryl methyl sites for hydroxylation is 1. The molecule has 3 atom stereocenters. The monoisotopic (exact) mass is 319 g/mol. The van der Waals surface area contributed by atoms with Crippen LogP contribution in [0.15, 0.2) is 28.7 Å². The standard InChI is InChI=1S/C17H21NO5/c1-10-6-12-7-11(4-5-14(12)23-10)17(20)18(2)13-8-22-9-15(21-3)16(13)19/h4-7,13,15-16,19H,8-9H2,1-3H3/t13-,15-,16+/m1/s1. The third-order valence-corrected chi connectivity index (χ3v) is 4.35. The van der Waals surface area contributed by atoms with E-state index in [0.29, 0.717) is 12.2 Å². The third-order valence-electron chi connectivity index (χ3n) is 4.35. The second kappa shape index (κ2) is 6.31. The molecule has 0 radical (unpaired) electrons.